The largest absolute Gasteiger partial charge is 0.467 e. The number of thioether (sulfide) groups is 1. The van der Waals surface area contributed by atoms with Gasteiger partial charge >= 0.3 is 0 Å². The minimum atomic E-state index is -0.145. The number of furan rings is 1. The zero-order valence-electron chi connectivity index (χ0n) is 15.0. The predicted molar refractivity (Wildman–Crippen MR) is 102 cm³/mol. The van der Waals surface area contributed by atoms with Crippen LogP contribution in [0.15, 0.2) is 61.6 Å². The van der Waals surface area contributed by atoms with E-state index in [1.807, 2.05) is 38.1 Å². The average molecular weight is 382 g/mol. The van der Waals surface area contributed by atoms with Crippen molar-refractivity contribution in [3.63, 3.8) is 0 Å². The lowest BCUT2D eigenvalue weighted by Gasteiger charge is -2.14. The van der Waals surface area contributed by atoms with Crippen LogP contribution >= 0.6 is 11.8 Å². The van der Waals surface area contributed by atoms with Gasteiger partial charge in [0.1, 0.15) is 5.76 Å². The van der Waals surface area contributed by atoms with E-state index in [9.17, 15) is 4.79 Å². The molecule has 0 fully saturated rings. The third-order valence-electron chi connectivity index (χ3n) is 4.15. The molecule has 1 atom stereocenters. The highest BCUT2D eigenvalue weighted by atomic mass is 32.2. The first-order chi connectivity index (χ1) is 13.2. The van der Waals surface area contributed by atoms with Crippen LogP contribution < -0.4 is 5.56 Å². The molecule has 0 bridgehead atoms. The van der Waals surface area contributed by atoms with Crippen LogP contribution in [0.1, 0.15) is 36.6 Å². The Labute approximate surface area is 159 Å². The minimum Gasteiger partial charge on any atom is -0.467 e. The van der Waals surface area contributed by atoms with Crippen LogP contribution in [0.4, 0.5) is 0 Å². The number of aromatic nitrogens is 4. The Balaban J connectivity index is 1.76. The fourth-order valence-electron chi connectivity index (χ4n) is 2.72. The quantitative estimate of drug-likeness (QED) is 0.370. The molecule has 0 radical (unpaired) electrons. The van der Waals surface area contributed by atoms with E-state index in [-0.39, 0.29) is 10.8 Å². The topological polar surface area (TPSA) is 87.0 Å². The molecule has 0 N–H and O–H groups in total. The molecular formula is C19H18N4O3S. The molecule has 4 rings (SSSR count). The summed E-state index contributed by atoms with van der Waals surface area (Å²) < 4.78 is 12.4. The molecule has 0 spiro atoms. The van der Waals surface area contributed by atoms with Crippen molar-refractivity contribution in [1.82, 2.24) is 19.7 Å². The van der Waals surface area contributed by atoms with Gasteiger partial charge in [0.25, 0.3) is 5.56 Å². The maximum Gasteiger partial charge on any atom is 0.262 e. The van der Waals surface area contributed by atoms with Crippen molar-refractivity contribution >= 4 is 22.7 Å². The number of para-hydroxylation sites is 1. The van der Waals surface area contributed by atoms with Crippen molar-refractivity contribution in [1.29, 1.82) is 0 Å². The Morgan fingerprint density at radius 2 is 2.04 bits per heavy atom. The van der Waals surface area contributed by atoms with Gasteiger partial charge in [-0.1, -0.05) is 36.0 Å². The number of hydrogen-bond donors (Lipinski definition) is 0. The molecule has 27 heavy (non-hydrogen) atoms. The fraction of sp³-hybridized carbons (Fsp3) is 0.263. The van der Waals surface area contributed by atoms with E-state index >= 15 is 0 Å². The Bertz CT molecular complexity index is 1120. The van der Waals surface area contributed by atoms with Gasteiger partial charge in [-0.15, -0.1) is 0 Å². The molecule has 0 amide bonds. The first-order valence-electron chi connectivity index (χ1n) is 8.66. The number of nitrogens with zero attached hydrogens (tertiary/aromatic N) is 4. The number of hydrogen-bond acceptors (Lipinski definition) is 7. The number of benzene rings is 1. The van der Waals surface area contributed by atoms with E-state index in [0.29, 0.717) is 46.5 Å². The maximum absolute atomic E-state index is 13.1. The molecule has 0 aliphatic carbocycles. The standard InChI is InChI=1S/C19H18N4O3S/c1-3-16-21-17(26-22-16)12(2)27-19-20-15-9-5-4-8-14(15)18(24)23(19)11-13-7-6-10-25-13/h4-10,12H,3,11H2,1-2H3. The van der Waals surface area contributed by atoms with Gasteiger partial charge in [0.2, 0.25) is 5.89 Å². The molecule has 7 nitrogen and oxygen atoms in total. The monoisotopic (exact) mass is 382 g/mol. The second kappa shape index (κ2) is 7.40. The summed E-state index contributed by atoms with van der Waals surface area (Å²) in [5.74, 6) is 1.87. The summed E-state index contributed by atoms with van der Waals surface area (Å²) in [6.07, 6.45) is 2.30. The highest BCUT2D eigenvalue weighted by molar-refractivity contribution is 7.99. The van der Waals surface area contributed by atoms with Gasteiger partial charge in [-0.3, -0.25) is 9.36 Å². The van der Waals surface area contributed by atoms with Gasteiger partial charge in [-0.2, -0.15) is 4.98 Å². The smallest absolute Gasteiger partial charge is 0.262 e. The molecule has 0 aliphatic heterocycles. The SMILES string of the molecule is CCc1noc(C(C)Sc2nc3ccccc3c(=O)n2Cc2ccco2)n1. The summed E-state index contributed by atoms with van der Waals surface area (Å²) in [6.45, 7) is 4.23. The van der Waals surface area contributed by atoms with Crippen LogP contribution in [0.3, 0.4) is 0 Å². The van der Waals surface area contributed by atoms with Crippen LogP contribution in [-0.4, -0.2) is 19.7 Å². The van der Waals surface area contributed by atoms with Crippen LogP contribution in [-0.2, 0) is 13.0 Å². The third-order valence-corrected chi connectivity index (χ3v) is 5.23. The second-order valence-electron chi connectivity index (χ2n) is 6.04. The molecule has 1 unspecified atom stereocenters. The highest BCUT2D eigenvalue weighted by Gasteiger charge is 2.20. The van der Waals surface area contributed by atoms with Gasteiger partial charge in [0.15, 0.2) is 11.0 Å². The van der Waals surface area contributed by atoms with Gasteiger partial charge in [-0.25, -0.2) is 4.98 Å². The summed E-state index contributed by atoms with van der Waals surface area (Å²) >= 11 is 1.41. The molecule has 3 heterocycles. The molecule has 1 aromatic carbocycles. The zero-order chi connectivity index (χ0) is 18.8. The van der Waals surface area contributed by atoms with Crippen molar-refractivity contribution < 1.29 is 8.94 Å². The zero-order valence-corrected chi connectivity index (χ0v) is 15.8. The van der Waals surface area contributed by atoms with E-state index in [4.69, 9.17) is 13.9 Å². The molecule has 0 aliphatic rings. The molecule has 138 valence electrons. The van der Waals surface area contributed by atoms with E-state index in [2.05, 4.69) is 10.1 Å². The normalized spacial score (nSPS) is 12.5. The maximum atomic E-state index is 13.1. The van der Waals surface area contributed by atoms with Crippen LogP contribution in [0.2, 0.25) is 0 Å². The predicted octanol–water partition coefficient (Wildman–Crippen LogP) is 3.84. The summed E-state index contributed by atoms with van der Waals surface area (Å²) in [4.78, 5) is 22.1. The summed E-state index contributed by atoms with van der Waals surface area (Å²) in [7, 11) is 0. The molecule has 3 aromatic heterocycles. The van der Waals surface area contributed by atoms with E-state index in [1.54, 1.807) is 23.0 Å². The van der Waals surface area contributed by atoms with Crippen molar-refractivity contribution in [2.24, 2.45) is 0 Å². The first kappa shape index (κ1) is 17.5. The van der Waals surface area contributed by atoms with Gasteiger partial charge in [0.05, 0.1) is 29.0 Å². The Hall–Kier alpha value is -2.87. The van der Waals surface area contributed by atoms with Crippen molar-refractivity contribution in [3.8, 4) is 0 Å². The van der Waals surface area contributed by atoms with Crippen molar-refractivity contribution in [3.05, 3.63) is 70.5 Å². The Morgan fingerprint density at radius 1 is 1.19 bits per heavy atom. The van der Waals surface area contributed by atoms with E-state index in [1.165, 1.54) is 11.8 Å². The van der Waals surface area contributed by atoms with Gasteiger partial charge < -0.3 is 8.94 Å². The number of fused-ring (bicyclic) bond motifs is 1. The van der Waals surface area contributed by atoms with Crippen LogP contribution in [0.25, 0.3) is 10.9 Å². The molecule has 0 saturated heterocycles. The lowest BCUT2D eigenvalue weighted by atomic mass is 10.2. The highest BCUT2D eigenvalue weighted by Crippen LogP contribution is 2.33. The van der Waals surface area contributed by atoms with Gasteiger partial charge in [0, 0.05) is 6.42 Å². The van der Waals surface area contributed by atoms with Crippen LogP contribution in [0.5, 0.6) is 0 Å². The van der Waals surface area contributed by atoms with Crippen LogP contribution in [0, 0.1) is 0 Å². The number of rotatable bonds is 6. The minimum absolute atomic E-state index is 0.105. The lowest BCUT2D eigenvalue weighted by Crippen LogP contribution is -2.24. The van der Waals surface area contributed by atoms with Crippen molar-refractivity contribution in [2.45, 2.75) is 37.2 Å². The van der Waals surface area contributed by atoms with E-state index < -0.39 is 0 Å². The molecular weight excluding hydrogens is 364 g/mol. The molecule has 8 heteroatoms. The Kier molecular flexibility index (Phi) is 4.81. The first-order valence-corrected chi connectivity index (χ1v) is 9.54. The summed E-state index contributed by atoms with van der Waals surface area (Å²) in [5.41, 5.74) is 0.555. The summed E-state index contributed by atoms with van der Waals surface area (Å²) in [6, 6.07) is 11.0. The lowest BCUT2D eigenvalue weighted by molar-refractivity contribution is 0.375. The second-order valence-corrected chi connectivity index (χ2v) is 7.35. The third kappa shape index (κ3) is 3.52. The van der Waals surface area contributed by atoms with Gasteiger partial charge in [-0.05, 0) is 31.2 Å². The molecule has 0 saturated carbocycles. The Morgan fingerprint density at radius 3 is 2.78 bits per heavy atom. The fourth-order valence-corrected chi connectivity index (χ4v) is 3.66. The average Bonchev–Trinajstić information content (AvgIpc) is 3.36. The van der Waals surface area contributed by atoms with Crippen molar-refractivity contribution in [2.75, 3.05) is 0 Å². The number of aryl methyl sites for hydroxylation is 1. The molecule has 4 aromatic rings. The van der Waals surface area contributed by atoms with E-state index in [0.717, 1.165) is 0 Å². The summed E-state index contributed by atoms with van der Waals surface area (Å²) in [5, 5.41) is 4.96.